The number of benzene rings is 1. The van der Waals surface area contributed by atoms with Gasteiger partial charge in [-0.15, -0.1) is 0 Å². The molecule has 2 heterocycles. The van der Waals surface area contributed by atoms with Gasteiger partial charge in [0.1, 0.15) is 0 Å². The van der Waals surface area contributed by atoms with E-state index in [4.69, 9.17) is 0 Å². The molecule has 0 bridgehead atoms. The van der Waals surface area contributed by atoms with Gasteiger partial charge in [-0.2, -0.15) is 0 Å². The van der Waals surface area contributed by atoms with E-state index in [0.29, 0.717) is 12.5 Å². The van der Waals surface area contributed by atoms with Crippen molar-refractivity contribution in [1.29, 1.82) is 0 Å². The van der Waals surface area contributed by atoms with Gasteiger partial charge in [0.05, 0.1) is 12.5 Å². The van der Waals surface area contributed by atoms with Crippen LogP contribution >= 0.6 is 0 Å². The lowest BCUT2D eigenvalue weighted by molar-refractivity contribution is -0.135. The van der Waals surface area contributed by atoms with Gasteiger partial charge >= 0.3 is 0 Å². The Balaban J connectivity index is 1.82. The monoisotopic (exact) mass is 313 g/mol. The predicted octanol–water partition coefficient (Wildman–Crippen LogP) is 1.77. The average molecular weight is 313 g/mol. The van der Waals surface area contributed by atoms with E-state index in [2.05, 4.69) is 12.2 Å². The maximum atomic E-state index is 12.7. The van der Waals surface area contributed by atoms with Crippen molar-refractivity contribution in [3.05, 3.63) is 41.6 Å². The molecule has 5 nitrogen and oxygen atoms in total. The summed E-state index contributed by atoms with van der Waals surface area (Å²) in [5.74, 6) is 0.0712. The van der Waals surface area contributed by atoms with Gasteiger partial charge < -0.3 is 15.1 Å². The Labute approximate surface area is 137 Å². The zero-order valence-electron chi connectivity index (χ0n) is 13.7. The van der Waals surface area contributed by atoms with E-state index in [1.54, 1.807) is 18.0 Å². The Morgan fingerprint density at radius 2 is 2.09 bits per heavy atom. The molecule has 0 radical (unpaired) electrons. The molecule has 0 aromatic heterocycles. The predicted molar refractivity (Wildman–Crippen MR) is 89.4 cm³/mol. The molecule has 1 N–H and O–H groups in total. The van der Waals surface area contributed by atoms with Crippen LogP contribution in [-0.2, 0) is 9.59 Å². The zero-order valence-corrected chi connectivity index (χ0v) is 13.7. The summed E-state index contributed by atoms with van der Waals surface area (Å²) in [7, 11) is 0. The normalized spacial score (nSPS) is 23.6. The van der Waals surface area contributed by atoms with Crippen LogP contribution in [0.4, 0.5) is 0 Å². The molecule has 1 fully saturated rings. The van der Waals surface area contributed by atoms with Crippen LogP contribution in [0.15, 0.2) is 30.5 Å². The number of amides is 2. The molecule has 122 valence electrons. The summed E-state index contributed by atoms with van der Waals surface area (Å²) in [6.07, 6.45) is 4.06. The molecule has 2 aliphatic heterocycles. The van der Waals surface area contributed by atoms with Crippen LogP contribution in [-0.4, -0.2) is 47.3 Å². The number of fused-ring (bicyclic) bond motifs is 1. The van der Waals surface area contributed by atoms with Crippen molar-refractivity contribution in [2.24, 2.45) is 0 Å². The molecule has 2 unspecified atom stereocenters. The second kappa shape index (κ2) is 6.54. The minimum atomic E-state index is -0.216. The summed E-state index contributed by atoms with van der Waals surface area (Å²) in [6, 6.07) is 8.06. The topological polar surface area (TPSA) is 52.7 Å². The summed E-state index contributed by atoms with van der Waals surface area (Å²) >= 11 is 0. The molecule has 5 heteroatoms. The first-order valence-electron chi connectivity index (χ1n) is 8.13. The van der Waals surface area contributed by atoms with Crippen molar-refractivity contribution in [3.8, 4) is 0 Å². The Hall–Kier alpha value is -2.14. The van der Waals surface area contributed by atoms with E-state index in [9.17, 15) is 9.59 Å². The van der Waals surface area contributed by atoms with Gasteiger partial charge in [0.2, 0.25) is 11.8 Å². The van der Waals surface area contributed by atoms with Gasteiger partial charge in [0, 0.05) is 38.8 Å². The van der Waals surface area contributed by atoms with Gasteiger partial charge in [-0.25, -0.2) is 0 Å². The van der Waals surface area contributed by atoms with Gasteiger partial charge in [0.25, 0.3) is 0 Å². The number of carbonyl (C=O) groups excluding carboxylic acids is 2. The van der Waals surface area contributed by atoms with E-state index in [0.717, 1.165) is 30.8 Å². The van der Waals surface area contributed by atoms with E-state index < -0.39 is 0 Å². The molecule has 1 aromatic rings. The first-order chi connectivity index (χ1) is 11.1. The highest BCUT2D eigenvalue weighted by atomic mass is 16.2. The third kappa shape index (κ3) is 3.29. The quantitative estimate of drug-likeness (QED) is 0.905. The van der Waals surface area contributed by atoms with Crippen LogP contribution in [0.1, 0.15) is 37.4 Å². The van der Waals surface area contributed by atoms with Crippen molar-refractivity contribution in [2.75, 3.05) is 19.6 Å². The number of nitrogens with one attached hydrogen (secondary N) is 1. The fraction of sp³-hybridized carbons (Fsp3) is 0.444. The highest BCUT2D eigenvalue weighted by molar-refractivity contribution is 5.82. The molecule has 1 aromatic carbocycles. The Kier molecular flexibility index (Phi) is 4.48. The number of hydrogen-bond acceptors (Lipinski definition) is 3. The Morgan fingerprint density at radius 3 is 2.83 bits per heavy atom. The molecule has 0 saturated carbocycles. The lowest BCUT2D eigenvalue weighted by atomic mass is 9.93. The van der Waals surface area contributed by atoms with Gasteiger partial charge in [-0.05, 0) is 24.1 Å². The molecule has 23 heavy (non-hydrogen) atoms. The molecule has 0 spiro atoms. The second-order valence-corrected chi connectivity index (χ2v) is 6.29. The maximum Gasteiger partial charge on any atom is 0.225 e. The number of piperazine rings is 1. The SMILES string of the molecule is CC(=O)N1C=Cc2ccccc2C1CC(=O)N1CCNC(C)C1. The summed E-state index contributed by atoms with van der Waals surface area (Å²) in [6.45, 7) is 5.91. The van der Waals surface area contributed by atoms with Crippen LogP contribution in [0.2, 0.25) is 0 Å². The van der Waals surface area contributed by atoms with E-state index in [1.807, 2.05) is 35.2 Å². The number of hydrogen-bond donors (Lipinski definition) is 1. The molecule has 2 atom stereocenters. The van der Waals surface area contributed by atoms with Gasteiger partial charge in [0.15, 0.2) is 0 Å². The van der Waals surface area contributed by atoms with Crippen LogP contribution < -0.4 is 5.32 Å². The lowest BCUT2D eigenvalue weighted by Gasteiger charge is -2.36. The molecule has 2 aliphatic rings. The lowest BCUT2D eigenvalue weighted by Crippen LogP contribution is -2.52. The molecule has 2 amide bonds. The van der Waals surface area contributed by atoms with E-state index in [-0.39, 0.29) is 17.9 Å². The second-order valence-electron chi connectivity index (χ2n) is 6.29. The number of rotatable bonds is 2. The zero-order chi connectivity index (χ0) is 16.4. The fourth-order valence-corrected chi connectivity index (χ4v) is 3.37. The first-order valence-corrected chi connectivity index (χ1v) is 8.13. The average Bonchev–Trinajstić information content (AvgIpc) is 2.54. The standard InChI is InChI=1S/C18H23N3O2/c1-13-12-20(10-8-19-13)18(23)11-17-16-6-4-3-5-15(16)7-9-21(17)14(2)22/h3-7,9,13,17,19H,8,10-12H2,1-2H3. The van der Waals surface area contributed by atoms with Gasteiger partial charge in [-0.3, -0.25) is 9.59 Å². The van der Waals surface area contributed by atoms with Crippen LogP contribution in [0.3, 0.4) is 0 Å². The maximum absolute atomic E-state index is 12.7. The van der Waals surface area contributed by atoms with Crippen molar-refractivity contribution in [2.45, 2.75) is 32.4 Å². The highest BCUT2D eigenvalue weighted by Crippen LogP contribution is 2.33. The largest absolute Gasteiger partial charge is 0.340 e. The van der Waals surface area contributed by atoms with E-state index >= 15 is 0 Å². The molecule has 3 rings (SSSR count). The van der Waals surface area contributed by atoms with Crippen molar-refractivity contribution in [1.82, 2.24) is 15.1 Å². The molecular formula is C18H23N3O2. The molecular weight excluding hydrogens is 290 g/mol. The first kappa shape index (κ1) is 15.7. The van der Waals surface area contributed by atoms with Crippen LogP contribution in [0.5, 0.6) is 0 Å². The van der Waals surface area contributed by atoms with Crippen molar-refractivity contribution in [3.63, 3.8) is 0 Å². The number of carbonyl (C=O) groups is 2. The highest BCUT2D eigenvalue weighted by Gasteiger charge is 2.30. The van der Waals surface area contributed by atoms with Crippen molar-refractivity contribution >= 4 is 17.9 Å². The minimum Gasteiger partial charge on any atom is -0.340 e. The summed E-state index contributed by atoms with van der Waals surface area (Å²) in [5, 5.41) is 3.34. The third-order valence-electron chi connectivity index (χ3n) is 4.56. The minimum absolute atomic E-state index is 0.0396. The summed E-state index contributed by atoms with van der Waals surface area (Å²) in [4.78, 5) is 28.3. The third-order valence-corrected chi connectivity index (χ3v) is 4.56. The molecule has 1 saturated heterocycles. The molecule has 0 aliphatic carbocycles. The summed E-state index contributed by atoms with van der Waals surface area (Å²) in [5.41, 5.74) is 2.12. The number of nitrogens with zero attached hydrogens (tertiary/aromatic N) is 2. The Morgan fingerprint density at radius 1 is 1.30 bits per heavy atom. The smallest absolute Gasteiger partial charge is 0.225 e. The van der Waals surface area contributed by atoms with Gasteiger partial charge in [-0.1, -0.05) is 24.3 Å². The van der Waals surface area contributed by atoms with Crippen LogP contribution in [0.25, 0.3) is 6.08 Å². The van der Waals surface area contributed by atoms with E-state index in [1.165, 1.54) is 0 Å². The Bertz CT molecular complexity index is 641. The summed E-state index contributed by atoms with van der Waals surface area (Å²) < 4.78 is 0. The van der Waals surface area contributed by atoms with Crippen molar-refractivity contribution < 1.29 is 9.59 Å². The van der Waals surface area contributed by atoms with Crippen LogP contribution in [0, 0.1) is 0 Å². The fourth-order valence-electron chi connectivity index (χ4n) is 3.37.